The van der Waals surface area contributed by atoms with Crippen LogP contribution in [0.25, 0.3) is 11.0 Å². The molecule has 130 valence electrons. The number of hydrogen-bond acceptors (Lipinski definition) is 3. The average Bonchev–Trinajstić information content (AvgIpc) is 2.57. The fraction of sp³-hybridized carbons (Fsp3) is 0.188. The molecular formula is C16H11BrF3N3O2. The molecule has 3 rings (SSSR count). The highest BCUT2D eigenvalue weighted by Gasteiger charge is 2.33. The van der Waals surface area contributed by atoms with Crippen molar-refractivity contribution >= 4 is 27.0 Å². The largest absolute Gasteiger partial charge is 0.433 e. The summed E-state index contributed by atoms with van der Waals surface area (Å²) in [6, 6.07) is 8.80. The molecule has 25 heavy (non-hydrogen) atoms. The minimum absolute atomic E-state index is 0.00967. The van der Waals surface area contributed by atoms with Crippen LogP contribution in [0.4, 0.5) is 13.2 Å². The molecule has 0 aliphatic rings. The van der Waals surface area contributed by atoms with Gasteiger partial charge < -0.3 is 0 Å². The van der Waals surface area contributed by atoms with Gasteiger partial charge >= 0.3 is 11.9 Å². The summed E-state index contributed by atoms with van der Waals surface area (Å²) >= 11 is 3.29. The van der Waals surface area contributed by atoms with Gasteiger partial charge in [-0.05, 0) is 29.8 Å². The molecular weight excluding hydrogens is 403 g/mol. The number of nitrogens with zero attached hydrogens (tertiary/aromatic N) is 3. The molecule has 0 unspecified atom stereocenters. The first kappa shape index (κ1) is 17.4. The van der Waals surface area contributed by atoms with Gasteiger partial charge in [-0.3, -0.25) is 13.9 Å². The van der Waals surface area contributed by atoms with Crippen LogP contribution in [0.5, 0.6) is 0 Å². The van der Waals surface area contributed by atoms with Crippen LogP contribution < -0.4 is 11.2 Å². The minimum atomic E-state index is -4.66. The number of aryl methyl sites for hydroxylation is 1. The summed E-state index contributed by atoms with van der Waals surface area (Å²) in [6.45, 7) is 0.00967. The van der Waals surface area contributed by atoms with Gasteiger partial charge in [-0.2, -0.15) is 13.2 Å². The van der Waals surface area contributed by atoms with Crippen LogP contribution in [0.2, 0.25) is 0 Å². The summed E-state index contributed by atoms with van der Waals surface area (Å²) in [7, 11) is 1.29. The Bertz CT molecular complexity index is 1070. The quantitative estimate of drug-likeness (QED) is 0.648. The molecule has 0 spiro atoms. The third-order valence-electron chi connectivity index (χ3n) is 3.73. The number of benzene rings is 1. The van der Waals surface area contributed by atoms with E-state index in [-0.39, 0.29) is 17.6 Å². The van der Waals surface area contributed by atoms with Gasteiger partial charge in [0.25, 0.3) is 5.56 Å². The number of halogens is 4. The summed E-state index contributed by atoms with van der Waals surface area (Å²) in [6.07, 6.45) is -4.66. The second kappa shape index (κ2) is 6.14. The van der Waals surface area contributed by atoms with Crippen LogP contribution in [0.3, 0.4) is 0 Å². The summed E-state index contributed by atoms with van der Waals surface area (Å²) in [5, 5.41) is -0.0489. The number of aromatic nitrogens is 3. The van der Waals surface area contributed by atoms with Crippen molar-refractivity contribution in [3.05, 3.63) is 73.0 Å². The lowest BCUT2D eigenvalue weighted by Crippen LogP contribution is -2.39. The predicted octanol–water partition coefficient (Wildman–Crippen LogP) is 2.92. The lowest BCUT2D eigenvalue weighted by atomic mass is 10.2. The van der Waals surface area contributed by atoms with Gasteiger partial charge in [0.15, 0.2) is 0 Å². The molecule has 0 radical (unpaired) electrons. The van der Waals surface area contributed by atoms with Crippen molar-refractivity contribution in [3.8, 4) is 0 Å². The topological polar surface area (TPSA) is 56.9 Å². The molecule has 2 heterocycles. The first-order chi connectivity index (χ1) is 11.7. The molecule has 5 nitrogen and oxygen atoms in total. The summed E-state index contributed by atoms with van der Waals surface area (Å²) in [5.41, 5.74) is -2.15. The maximum absolute atomic E-state index is 12.8. The molecule has 3 aromatic rings. The number of pyridine rings is 1. The number of alkyl halides is 3. The van der Waals surface area contributed by atoms with Gasteiger partial charge in [-0.25, -0.2) is 9.78 Å². The molecule has 0 amide bonds. The van der Waals surface area contributed by atoms with Crippen molar-refractivity contribution < 1.29 is 13.2 Å². The monoisotopic (exact) mass is 413 g/mol. The molecule has 0 N–H and O–H groups in total. The maximum atomic E-state index is 12.8. The molecule has 0 saturated carbocycles. The fourth-order valence-corrected chi connectivity index (χ4v) is 2.71. The molecule has 0 saturated heterocycles. The molecule has 0 fully saturated rings. The van der Waals surface area contributed by atoms with Crippen LogP contribution in [-0.4, -0.2) is 14.1 Å². The highest BCUT2D eigenvalue weighted by molar-refractivity contribution is 9.10. The van der Waals surface area contributed by atoms with Gasteiger partial charge in [0.2, 0.25) is 0 Å². The molecule has 0 aliphatic heterocycles. The van der Waals surface area contributed by atoms with Crippen molar-refractivity contribution in [1.82, 2.24) is 14.1 Å². The van der Waals surface area contributed by atoms with Crippen LogP contribution in [0, 0.1) is 0 Å². The molecule has 0 aliphatic carbocycles. The predicted molar refractivity (Wildman–Crippen MR) is 89.5 cm³/mol. The Kier molecular flexibility index (Phi) is 4.28. The molecule has 2 aromatic heterocycles. The normalized spacial score (nSPS) is 11.9. The van der Waals surface area contributed by atoms with E-state index < -0.39 is 23.1 Å². The Hall–Kier alpha value is -2.42. The average molecular weight is 414 g/mol. The van der Waals surface area contributed by atoms with Crippen LogP contribution in [0.1, 0.15) is 11.3 Å². The van der Waals surface area contributed by atoms with E-state index >= 15 is 0 Å². The van der Waals surface area contributed by atoms with E-state index in [0.717, 1.165) is 25.7 Å². The van der Waals surface area contributed by atoms with Crippen molar-refractivity contribution in [2.45, 2.75) is 12.7 Å². The smallest absolute Gasteiger partial charge is 0.280 e. The maximum Gasteiger partial charge on any atom is 0.433 e. The lowest BCUT2D eigenvalue weighted by Gasteiger charge is -2.12. The Morgan fingerprint density at radius 1 is 1.08 bits per heavy atom. The minimum Gasteiger partial charge on any atom is -0.280 e. The van der Waals surface area contributed by atoms with E-state index in [0.29, 0.717) is 5.56 Å². The van der Waals surface area contributed by atoms with E-state index in [4.69, 9.17) is 0 Å². The zero-order chi connectivity index (χ0) is 18.4. The van der Waals surface area contributed by atoms with E-state index in [1.807, 2.05) is 0 Å². The van der Waals surface area contributed by atoms with Crippen molar-refractivity contribution in [1.29, 1.82) is 0 Å². The van der Waals surface area contributed by atoms with Crippen LogP contribution in [0.15, 0.2) is 50.5 Å². The number of hydrogen-bond donors (Lipinski definition) is 0. The van der Waals surface area contributed by atoms with E-state index in [1.165, 1.54) is 7.05 Å². The van der Waals surface area contributed by atoms with E-state index in [9.17, 15) is 22.8 Å². The van der Waals surface area contributed by atoms with Gasteiger partial charge in [-0.15, -0.1) is 0 Å². The highest BCUT2D eigenvalue weighted by atomic mass is 79.9. The van der Waals surface area contributed by atoms with Crippen molar-refractivity contribution in [3.63, 3.8) is 0 Å². The van der Waals surface area contributed by atoms with Crippen molar-refractivity contribution in [2.24, 2.45) is 7.05 Å². The van der Waals surface area contributed by atoms with Crippen molar-refractivity contribution in [2.75, 3.05) is 0 Å². The fourth-order valence-electron chi connectivity index (χ4n) is 2.44. The SMILES string of the molecule is Cn1c(=O)n(Cc2ccc(Br)cc2)c(=O)c2ccc(C(F)(F)F)nc21. The molecule has 0 atom stereocenters. The first-order valence-corrected chi connectivity index (χ1v) is 7.90. The van der Waals surface area contributed by atoms with Gasteiger partial charge in [0.1, 0.15) is 11.3 Å². The van der Waals surface area contributed by atoms with Gasteiger partial charge in [0.05, 0.1) is 11.9 Å². The molecule has 0 bridgehead atoms. The third kappa shape index (κ3) is 3.23. The summed E-state index contributed by atoms with van der Waals surface area (Å²) in [5.74, 6) is 0. The molecule has 1 aromatic carbocycles. The van der Waals surface area contributed by atoms with Gasteiger partial charge in [0, 0.05) is 11.5 Å². The third-order valence-corrected chi connectivity index (χ3v) is 4.26. The zero-order valence-electron chi connectivity index (χ0n) is 12.8. The molecule has 9 heteroatoms. The Morgan fingerprint density at radius 3 is 2.32 bits per heavy atom. The van der Waals surface area contributed by atoms with E-state index in [1.54, 1.807) is 24.3 Å². The van der Waals surface area contributed by atoms with Crippen LogP contribution in [-0.2, 0) is 19.8 Å². The Balaban J connectivity index is 2.20. The Morgan fingerprint density at radius 2 is 1.72 bits per heavy atom. The van der Waals surface area contributed by atoms with Gasteiger partial charge in [-0.1, -0.05) is 28.1 Å². The Labute approximate surface area is 147 Å². The second-order valence-corrected chi connectivity index (χ2v) is 6.34. The summed E-state index contributed by atoms with van der Waals surface area (Å²) in [4.78, 5) is 28.4. The standard InChI is InChI=1S/C16H11BrF3N3O2/c1-22-13-11(6-7-12(21-13)16(18,19)20)14(24)23(15(22)25)8-9-2-4-10(17)5-3-9/h2-7H,8H2,1H3. The zero-order valence-corrected chi connectivity index (χ0v) is 14.4. The number of fused-ring (bicyclic) bond motifs is 1. The van der Waals surface area contributed by atoms with Crippen LogP contribution >= 0.6 is 15.9 Å². The van der Waals surface area contributed by atoms with E-state index in [2.05, 4.69) is 20.9 Å². The second-order valence-electron chi connectivity index (χ2n) is 5.42. The highest BCUT2D eigenvalue weighted by Crippen LogP contribution is 2.28. The number of rotatable bonds is 2. The summed E-state index contributed by atoms with van der Waals surface area (Å²) < 4.78 is 41.2. The first-order valence-electron chi connectivity index (χ1n) is 7.10. The lowest BCUT2D eigenvalue weighted by molar-refractivity contribution is -0.141.